The summed E-state index contributed by atoms with van der Waals surface area (Å²) in [5, 5.41) is 19.7. The molecule has 1 heterocycles. The number of nitrogens with zero attached hydrogens (tertiary/aromatic N) is 2. The van der Waals surface area contributed by atoms with E-state index in [1.165, 1.54) is 18.3 Å². The molecule has 0 spiro atoms. The number of carboxylic acid groups (broad SMARTS) is 1. The maximum absolute atomic E-state index is 11.8. The monoisotopic (exact) mass is 253 g/mol. The number of amides is 1. The van der Waals surface area contributed by atoms with Crippen molar-refractivity contribution >= 4 is 17.7 Å². The van der Waals surface area contributed by atoms with Gasteiger partial charge in [0.1, 0.15) is 5.82 Å². The van der Waals surface area contributed by atoms with Gasteiger partial charge < -0.3 is 20.4 Å². The normalized spacial score (nSPS) is 11.7. The third-order valence-electron chi connectivity index (χ3n) is 2.25. The molecule has 0 fully saturated rings. The van der Waals surface area contributed by atoms with Crippen LogP contribution in [-0.2, 0) is 4.79 Å². The zero-order valence-electron chi connectivity index (χ0n) is 10.1. The Morgan fingerprint density at radius 1 is 1.50 bits per heavy atom. The van der Waals surface area contributed by atoms with E-state index in [1.807, 2.05) is 0 Å². The molecule has 1 aromatic heterocycles. The summed E-state index contributed by atoms with van der Waals surface area (Å²) in [4.78, 5) is 28.2. The summed E-state index contributed by atoms with van der Waals surface area (Å²) in [6.07, 6.45) is 1.46. The molecule has 0 aliphatic carbocycles. The lowest BCUT2D eigenvalue weighted by atomic mass is 10.2. The van der Waals surface area contributed by atoms with Gasteiger partial charge in [0, 0.05) is 25.9 Å². The summed E-state index contributed by atoms with van der Waals surface area (Å²) >= 11 is 0. The van der Waals surface area contributed by atoms with Crippen LogP contribution in [-0.4, -0.2) is 53.8 Å². The van der Waals surface area contributed by atoms with Crippen LogP contribution >= 0.6 is 0 Å². The van der Waals surface area contributed by atoms with E-state index in [1.54, 1.807) is 19.0 Å². The van der Waals surface area contributed by atoms with E-state index in [0.29, 0.717) is 5.82 Å². The van der Waals surface area contributed by atoms with Crippen LogP contribution < -0.4 is 10.2 Å². The molecule has 1 amide bonds. The van der Waals surface area contributed by atoms with Crippen LogP contribution in [0.3, 0.4) is 0 Å². The van der Waals surface area contributed by atoms with Crippen LogP contribution in [0, 0.1) is 0 Å². The second-order valence-corrected chi connectivity index (χ2v) is 3.84. The average molecular weight is 253 g/mol. The first-order valence-electron chi connectivity index (χ1n) is 5.23. The van der Waals surface area contributed by atoms with Crippen molar-refractivity contribution in [3.63, 3.8) is 0 Å². The summed E-state index contributed by atoms with van der Waals surface area (Å²) in [7, 11) is 3.55. The Morgan fingerprint density at radius 2 is 2.17 bits per heavy atom. The van der Waals surface area contributed by atoms with Crippen LogP contribution in [0.2, 0.25) is 0 Å². The number of hydrogen-bond acceptors (Lipinski definition) is 5. The highest BCUT2D eigenvalue weighted by atomic mass is 16.4. The number of rotatable bonds is 5. The SMILES string of the molecule is CN(C)c1cc(C(=O)N[C@@H](CO)C(=O)O)ccn1. The summed E-state index contributed by atoms with van der Waals surface area (Å²) in [5.74, 6) is -1.27. The van der Waals surface area contributed by atoms with Gasteiger partial charge in [-0.2, -0.15) is 0 Å². The fraction of sp³-hybridized carbons (Fsp3) is 0.364. The van der Waals surface area contributed by atoms with E-state index in [2.05, 4.69) is 10.3 Å². The molecule has 0 unspecified atom stereocenters. The first-order chi connectivity index (χ1) is 8.45. The minimum Gasteiger partial charge on any atom is -0.480 e. The molecular formula is C11H15N3O4. The van der Waals surface area contributed by atoms with Gasteiger partial charge in [-0.3, -0.25) is 4.79 Å². The Hall–Kier alpha value is -2.15. The third kappa shape index (κ3) is 3.42. The lowest BCUT2D eigenvalue weighted by Gasteiger charge is -2.14. The van der Waals surface area contributed by atoms with E-state index >= 15 is 0 Å². The van der Waals surface area contributed by atoms with E-state index in [9.17, 15) is 9.59 Å². The quantitative estimate of drug-likeness (QED) is 0.642. The van der Waals surface area contributed by atoms with Gasteiger partial charge in [0.05, 0.1) is 6.61 Å². The number of carbonyl (C=O) groups excluding carboxylic acids is 1. The van der Waals surface area contributed by atoms with Gasteiger partial charge in [-0.15, -0.1) is 0 Å². The molecule has 0 aromatic carbocycles. The third-order valence-corrected chi connectivity index (χ3v) is 2.25. The largest absolute Gasteiger partial charge is 0.480 e. The van der Waals surface area contributed by atoms with Gasteiger partial charge in [0.15, 0.2) is 6.04 Å². The van der Waals surface area contributed by atoms with Crippen molar-refractivity contribution in [1.29, 1.82) is 0 Å². The van der Waals surface area contributed by atoms with Crippen LogP contribution in [0.4, 0.5) is 5.82 Å². The summed E-state index contributed by atoms with van der Waals surface area (Å²) in [5.41, 5.74) is 0.286. The molecule has 0 saturated heterocycles. The molecule has 1 rings (SSSR count). The average Bonchev–Trinajstić information content (AvgIpc) is 2.35. The number of anilines is 1. The number of nitrogens with one attached hydrogen (secondary N) is 1. The number of aromatic nitrogens is 1. The summed E-state index contributed by atoms with van der Waals surface area (Å²) in [6, 6.07) is 1.69. The molecule has 7 heteroatoms. The van der Waals surface area contributed by atoms with E-state index in [0.717, 1.165) is 0 Å². The van der Waals surface area contributed by atoms with Crippen LogP contribution in [0.25, 0.3) is 0 Å². The zero-order valence-corrected chi connectivity index (χ0v) is 10.1. The van der Waals surface area contributed by atoms with Crippen molar-refractivity contribution in [2.45, 2.75) is 6.04 Å². The molecule has 7 nitrogen and oxygen atoms in total. The van der Waals surface area contributed by atoms with Gasteiger partial charge >= 0.3 is 5.97 Å². The fourth-order valence-corrected chi connectivity index (χ4v) is 1.23. The predicted molar refractivity (Wildman–Crippen MR) is 64.5 cm³/mol. The van der Waals surface area contributed by atoms with Gasteiger partial charge in [-0.1, -0.05) is 0 Å². The lowest BCUT2D eigenvalue weighted by molar-refractivity contribution is -0.140. The maximum Gasteiger partial charge on any atom is 0.328 e. The minimum absolute atomic E-state index is 0.286. The topological polar surface area (TPSA) is 103 Å². The van der Waals surface area contributed by atoms with Crippen molar-refractivity contribution < 1.29 is 19.8 Å². The molecule has 3 N–H and O–H groups in total. The van der Waals surface area contributed by atoms with E-state index in [-0.39, 0.29) is 5.56 Å². The smallest absolute Gasteiger partial charge is 0.328 e. The number of aliphatic hydroxyl groups is 1. The predicted octanol–water partition coefficient (Wildman–Crippen LogP) is -0.677. The first kappa shape index (κ1) is 13.9. The van der Waals surface area contributed by atoms with Crippen molar-refractivity contribution in [3.8, 4) is 0 Å². The molecule has 0 radical (unpaired) electrons. The Bertz CT molecular complexity index is 448. The van der Waals surface area contributed by atoms with Crippen molar-refractivity contribution in [3.05, 3.63) is 23.9 Å². The highest BCUT2D eigenvalue weighted by Crippen LogP contribution is 2.09. The van der Waals surface area contributed by atoms with Gasteiger partial charge in [0.2, 0.25) is 0 Å². The number of pyridine rings is 1. The summed E-state index contributed by atoms with van der Waals surface area (Å²) < 4.78 is 0. The summed E-state index contributed by atoms with van der Waals surface area (Å²) in [6.45, 7) is -0.660. The number of hydrogen-bond donors (Lipinski definition) is 3. The molecule has 98 valence electrons. The van der Waals surface area contributed by atoms with Crippen LogP contribution in [0.1, 0.15) is 10.4 Å². The maximum atomic E-state index is 11.8. The second kappa shape index (κ2) is 5.97. The van der Waals surface area contributed by atoms with E-state index < -0.39 is 24.5 Å². The fourth-order valence-electron chi connectivity index (χ4n) is 1.23. The van der Waals surface area contributed by atoms with Crippen molar-refractivity contribution in [2.75, 3.05) is 25.6 Å². The van der Waals surface area contributed by atoms with Gasteiger partial charge in [-0.25, -0.2) is 9.78 Å². The first-order valence-corrected chi connectivity index (χ1v) is 5.23. The number of carboxylic acids is 1. The number of aliphatic carboxylic acids is 1. The number of carbonyl (C=O) groups is 2. The van der Waals surface area contributed by atoms with Crippen LogP contribution in [0.5, 0.6) is 0 Å². The molecule has 18 heavy (non-hydrogen) atoms. The Labute approximate surface area is 104 Å². The molecule has 0 aliphatic heterocycles. The Morgan fingerprint density at radius 3 is 2.67 bits per heavy atom. The van der Waals surface area contributed by atoms with Crippen molar-refractivity contribution in [2.24, 2.45) is 0 Å². The molecule has 1 atom stereocenters. The second-order valence-electron chi connectivity index (χ2n) is 3.84. The minimum atomic E-state index is -1.31. The molecular weight excluding hydrogens is 238 g/mol. The highest BCUT2D eigenvalue weighted by Gasteiger charge is 2.19. The molecule has 1 aromatic rings. The van der Waals surface area contributed by atoms with Gasteiger partial charge in [-0.05, 0) is 12.1 Å². The molecule has 0 saturated carbocycles. The number of aliphatic hydroxyl groups excluding tert-OH is 1. The Kier molecular flexibility index (Phi) is 4.61. The lowest BCUT2D eigenvalue weighted by Crippen LogP contribution is -2.43. The standard InChI is InChI=1S/C11H15N3O4/c1-14(2)9-5-7(3-4-12-9)10(16)13-8(6-15)11(17)18/h3-5,8,15H,6H2,1-2H3,(H,13,16)(H,17,18)/t8-/m0/s1. The highest BCUT2D eigenvalue weighted by molar-refractivity contribution is 5.97. The van der Waals surface area contributed by atoms with E-state index in [4.69, 9.17) is 10.2 Å². The zero-order chi connectivity index (χ0) is 13.7. The van der Waals surface area contributed by atoms with Crippen LogP contribution in [0.15, 0.2) is 18.3 Å². The molecule has 0 bridgehead atoms. The molecule has 0 aliphatic rings. The Balaban J connectivity index is 2.84. The van der Waals surface area contributed by atoms with Crippen molar-refractivity contribution in [1.82, 2.24) is 10.3 Å². The van der Waals surface area contributed by atoms with Gasteiger partial charge in [0.25, 0.3) is 5.91 Å².